The van der Waals surface area contributed by atoms with Crippen LogP contribution in [0.5, 0.6) is 0 Å². The van der Waals surface area contributed by atoms with Gasteiger partial charge in [-0.15, -0.1) is 0 Å². The second-order valence-electron chi connectivity index (χ2n) is 5.09. The number of nitrogens with one attached hydrogen (secondary N) is 1. The second-order valence-corrected chi connectivity index (χ2v) is 6.79. The Morgan fingerprint density at radius 2 is 1.94 bits per heavy atom. The summed E-state index contributed by atoms with van der Waals surface area (Å²) in [5, 5.41) is 0. The van der Waals surface area contributed by atoms with Crippen LogP contribution in [0.25, 0.3) is 0 Å². The fourth-order valence-electron chi connectivity index (χ4n) is 2.17. The maximum Gasteiger partial charge on any atom is 0.279 e. The molecular weight excluding hydrogens is 238 g/mol. The number of nitrogens with two attached hydrogens (primary N) is 1. The number of hydrogen-bond acceptors (Lipinski definition) is 3. The van der Waals surface area contributed by atoms with Crippen molar-refractivity contribution in [1.82, 2.24) is 9.03 Å². The van der Waals surface area contributed by atoms with E-state index in [1.54, 1.807) is 4.31 Å². The van der Waals surface area contributed by atoms with Gasteiger partial charge in [-0.25, -0.2) is 4.72 Å². The molecule has 6 heteroatoms. The Labute approximate surface area is 105 Å². The van der Waals surface area contributed by atoms with Crippen molar-refractivity contribution in [3.8, 4) is 0 Å². The summed E-state index contributed by atoms with van der Waals surface area (Å²) in [5.41, 5.74) is 5.52. The van der Waals surface area contributed by atoms with E-state index < -0.39 is 10.2 Å². The first-order valence-electron chi connectivity index (χ1n) is 6.44. The van der Waals surface area contributed by atoms with Gasteiger partial charge in [-0.3, -0.25) is 0 Å². The second kappa shape index (κ2) is 6.68. The summed E-state index contributed by atoms with van der Waals surface area (Å²) in [7, 11) is -3.36. The van der Waals surface area contributed by atoms with Gasteiger partial charge in [-0.2, -0.15) is 12.7 Å². The maximum atomic E-state index is 12.2. The molecule has 0 saturated heterocycles. The van der Waals surface area contributed by atoms with E-state index in [9.17, 15) is 8.42 Å². The number of nitrogens with zero attached hydrogens (tertiary/aromatic N) is 1. The molecule has 0 heterocycles. The zero-order valence-electron chi connectivity index (χ0n) is 10.9. The van der Waals surface area contributed by atoms with Crippen LogP contribution < -0.4 is 10.5 Å². The standard InChI is InChI=1S/C11H25N3O2S/c1-10(2)9-13-17(15,16)14(8-7-12)11-5-3-4-6-11/h10-11,13H,3-9,12H2,1-2H3. The van der Waals surface area contributed by atoms with Crippen LogP contribution in [0.3, 0.4) is 0 Å². The van der Waals surface area contributed by atoms with Crippen molar-refractivity contribution in [3.05, 3.63) is 0 Å². The molecule has 5 nitrogen and oxygen atoms in total. The molecule has 0 unspecified atom stereocenters. The topological polar surface area (TPSA) is 75.4 Å². The summed E-state index contributed by atoms with van der Waals surface area (Å²) >= 11 is 0. The van der Waals surface area contributed by atoms with E-state index >= 15 is 0 Å². The Kier molecular flexibility index (Phi) is 5.85. The van der Waals surface area contributed by atoms with Crippen LogP contribution in [0.15, 0.2) is 0 Å². The molecule has 0 atom stereocenters. The minimum Gasteiger partial charge on any atom is -0.329 e. The maximum absolute atomic E-state index is 12.2. The van der Waals surface area contributed by atoms with Gasteiger partial charge in [0.15, 0.2) is 0 Å². The van der Waals surface area contributed by atoms with Crippen LogP contribution in [0.2, 0.25) is 0 Å². The zero-order valence-corrected chi connectivity index (χ0v) is 11.7. The van der Waals surface area contributed by atoms with Gasteiger partial charge >= 0.3 is 0 Å². The summed E-state index contributed by atoms with van der Waals surface area (Å²) in [6.07, 6.45) is 4.15. The molecule has 0 radical (unpaired) electrons. The van der Waals surface area contributed by atoms with Crippen molar-refractivity contribution in [2.75, 3.05) is 19.6 Å². The van der Waals surface area contributed by atoms with Gasteiger partial charge in [-0.1, -0.05) is 26.7 Å². The van der Waals surface area contributed by atoms with E-state index in [1.807, 2.05) is 13.8 Å². The molecule has 1 aliphatic rings. The third kappa shape index (κ3) is 4.54. The molecule has 1 aliphatic carbocycles. The van der Waals surface area contributed by atoms with Gasteiger partial charge in [-0.05, 0) is 18.8 Å². The van der Waals surface area contributed by atoms with Gasteiger partial charge in [0.1, 0.15) is 0 Å². The SMILES string of the molecule is CC(C)CNS(=O)(=O)N(CCN)C1CCCC1. The summed E-state index contributed by atoms with van der Waals surface area (Å²) in [4.78, 5) is 0. The van der Waals surface area contributed by atoms with E-state index in [0.29, 0.717) is 25.6 Å². The van der Waals surface area contributed by atoms with Crippen molar-refractivity contribution in [2.24, 2.45) is 11.7 Å². The monoisotopic (exact) mass is 263 g/mol. The van der Waals surface area contributed by atoms with Crippen molar-refractivity contribution in [2.45, 2.75) is 45.6 Å². The number of hydrogen-bond donors (Lipinski definition) is 2. The molecular formula is C11H25N3O2S. The lowest BCUT2D eigenvalue weighted by atomic mass is 10.2. The normalized spacial score (nSPS) is 18.4. The Hall–Kier alpha value is -0.170. The lowest BCUT2D eigenvalue weighted by Gasteiger charge is -2.28. The average molecular weight is 263 g/mol. The van der Waals surface area contributed by atoms with Crippen molar-refractivity contribution < 1.29 is 8.42 Å². The van der Waals surface area contributed by atoms with Crippen LogP contribution in [0.4, 0.5) is 0 Å². The first-order chi connectivity index (χ1) is 7.97. The fourth-order valence-corrected chi connectivity index (χ4v) is 3.83. The highest BCUT2D eigenvalue weighted by atomic mass is 32.2. The van der Waals surface area contributed by atoms with Gasteiger partial charge < -0.3 is 5.73 Å². The van der Waals surface area contributed by atoms with Gasteiger partial charge in [0.05, 0.1) is 0 Å². The molecule has 0 aromatic rings. The highest BCUT2D eigenvalue weighted by Gasteiger charge is 2.31. The van der Waals surface area contributed by atoms with Crippen molar-refractivity contribution in [3.63, 3.8) is 0 Å². The number of rotatable bonds is 7. The molecule has 1 saturated carbocycles. The Morgan fingerprint density at radius 1 is 1.35 bits per heavy atom. The third-order valence-electron chi connectivity index (χ3n) is 3.06. The molecule has 0 bridgehead atoms. The van der Waals surface area contributed by atoms with Crippen LogP contribution >= 0.6 is 0 Å². The predicted octanol–water partition coefficient (Wildman–Crippen LogP) is 0.680. The van der Waals surface area contributed by atoms with Crippen molar-refractivity contribution in [1.29, 1.82) is 0 Å². The lowest BCUT2D eigenvalue weighted by molar-refractivity contribution is 0.322. The van der Waals surface area contributed by atoms with Crippen LogP contribution in [0.1, 0.15) is 39.5 Å². The van der Waals surface area contributed by atoms with E-state index in [-0.39, 0.29) is 6.04 Å². The molecule has 3 N–H and O–H groups in total. The lowest BCUT2D eigenvalue weighted by Crippen LogP contribution is -2.48. The molecule has 1 rings (SSSR count). The van der Waals surface area contributed by atoms with E-state index in [4.69, 9.17) is 5.73 Å². The molecule has 17 heavy (non-hydrogen) atoms. The minimum absolute atomic E-state index is 0.142. The van der Waals surface area contributed by atoms with Crippen molar-refractivity contribution >= 4 is 10.2 Å². The van der Waals surface area contributed by atoms with Gasteiger partial charge in [0, 0.05) is 25.7 Å². The van der Waals surface area contributed by atoms with E-state index in [1.165, 1.54) is 0 Å². The Morgan fingerprint density at radius 3 is 2.41 bits per heavy atom. The smallest absolute Gasteiger partial charge is 0.279 e. The fraction of sp³-hybridized carbons (Fsp3) is 1.00. The molecule has 0 aromatic carbocycles. The molecule has 0 spiro atoms. The first kappa shape index (κ1) is 14.9. The summed E-state index contributed by atoms with van der Waals surface area (Å²) < 4.78 is 28.6. The Balaban J connectivity index is 2.67. The third-order valence-corrected chi connectivity index (χ3v) is 4.69. The molecule has 102 valence electrons. The quantitative estimate of drug-likeness (QED) is 0.709. The molecule has 0 amide bonds. The zero-order chi connectivity index (χ0) is 12.9. The summed E-state index contributed by atoms with van der Waals surface area (Å²) in [6, 6.07) is 0.142. The first-order valence-corrected chi connectivity index (χ1v) is 7.88. The largest absolute Gasteiger partial charge is 0.329 e. The highest BCUT2D eigenvalue weighted by Crippen LogP contribution is 2.24. The molecule has 0 aliphatic heterocycles. The van der Waals surface area contributed by atoms with Crippen LogP contribution in [0, 0.1) is 5.92 Å². The average Bonchev–Trinajstić information content (AvgIpc) is 2.76. The van der Waals surface area contributed by atoms with E-state index in [0.717, 1.165) is 25.7 Å². The highest BCUT2D eigenvalue weighted by molar-refractivity contribution is 7.87. The van der Waals surface area contributed by atoms with Gasteiger partial charge in [0.2, 0.25) is 0 Å². The predicted molar refractivity (Wildman–Crippen MR) is 69.8 cm³/mol. The van der Waals surface area contributed by atoms with Gasteiger partial charge in [0.25, 0.3) is 10.2 Å². The molecule has 0 aromatic heterocycles. The Bertz CT molecular complexity index is 311. The summed E-state index contributed by atoms with van der Waals surface area (Å²) in [5.74, 6) is 0.313. The van der Waals surface area contributed by atoms with E-state index in [2.05, 4.69) is 4.72 Å². The van der Waals surface area contributed by atoms with Crippen LogP contribution in [-0.4, -0.2) is 38.4 Å². The molecule has 1 fully saturated rings. The minimum atomic E-state index is -3.36. The van der Waals surface area contributed by atoms with Crippen LogP contribution in [-0.2, 0) is 10.2 Å². The summed E-state index contributed by atoms with van der Waals surface area (Å²) in [6.45, 7) is 5.25.